The largest absolute Gasteiger partial charge is 0.484 e. The molecule has 11 heteroatoms. The zero-order valence-electron chi connectivity index (χ0n) is 16.7. The van der Waals surface area contributed by atoms with Crippen LogP contribution in [-0.4, -0.2) is 79.5 Å². The van der Waals surface area contributed by atoms with E-state index in [0.29, 0.717) is 39.0 Å². The van der Waals surface area contributed by atoms with E-state index in [9.17, 15) is 22.8 Å². The van der Waals surface area contributed by atoms with Gasteiger partial charge in [0.1, 0.15) is 12.4 Å². The molecule has 1 unspecified atom stereocenters. The standard InChI is InChI=1S/C20H23ClF3N3O4/c21-14-5-13(6-15(7-14)31-11-20(22,23)24)12-1-3-26(8-12)19(29)27-4-2-17-16(9-27)25-18(28)10-30-17/h5-7,12,16-17H,1-4,8-11H2,(H,25,28)/t12-,16?,17-/m0/s1. The van der Waals surface area contributed by atoms with Gasteiger partial charge >= 0.3 is 12.2 Å². The molecule has 0 aliphatic carbocycles. The summed E-state index contributed by atoms with van der Waals surface area (Å²) in [5.74, 6) is -0.174. The van der Waals surface area contributed by atoms with Gasteiger partial charge in [0, 0.05) is 37.1 Å². The number of nitrogens with zero attached hydrogens (tertiary/aromatic N) is 2. The molecule has 3 atom stereocenters. The van der Waals surface area contributed by atoms with E-state index in [1.165, 1.54) is 6.07 Å². The fraction of sp³-hybridized carbons (Fsp3) is 0.600. The number of ether oxygens (including phenoxy) is 2. The summed E-state index contributed by atoms with van der Waals surface area (Å²) in [5.41, 5.74) is 0.742. The molecule has 0 bridgehead atoms. The number of piperidine rings is 1. The highest BCUT2D eigenvalue weighted by molar-refractivity contribution is 6.30. The number of fused-ring (bicyclic) bond motifs is 1. The first-order valence-electron chi connectivity index (χ1n) is 10.1. The molecular weight excluding hydrogens is 439 g/mol. The maximum atomic E-state index is 13.0. The quantitative estimate of drug-likeness (QED) is 0.751. The van der Waals surface area contributed by atoms with Gasteiger partial charge in [0.15, 0.2) is 6.61 Å². The zero-order chi connectivity index (χ0) is 22.2. The molecule has 3 aliphatic heterocycles. The van der Waals surface area contributed by atoms with Crippen LogP contribution in [0.5, 0.6) is 5.75 Å². The lowest BCUT2D eigenvalue weighted by Gasteiger charge is -2.42. The Labute approximate surface area is 182 Å². The summed E-state index contributed by atoms with van der Waals surface area (Å²) in [6, 6.07) is 4.27. The molecule has 7 nitrogen and oxygen atoms in total. The van der Waals surface area contributed by atoms with Gasteiger partial charge in [-0.1, -0.05) is 11.6 Å². The number of hydrogen-bond acceptors (Lipinski definition) is 4. The smallest absolute Gasteiger partial charge is 0.422 e. The molecule has 3 saturated heterocycles. The maximum absolute atomic E-state index is 13.0. The Morgan fingerprint density at radius 3 is 2.71 bits per heavy atom. The van der Waals surface area contributed by atoms with Gasteiger partial charge in [0.05, 0.1) is 12.1 Å². The van der Waals surface area contributed by atoms with Crippen LogP contribution in [0.3, 0.4) is 0 Å². The monoisotopic (exact) mass is 461 g/mol. The first kappa shape index (κ1) is 22.0. The lowest BCUT2D eigenvalue weighted by atomic mass is 9.98. The molecule has 0 saturated carbocycles. The minimum absolute atomic E-state index is 0.0499. The molecule has 170 valence electrons. The number of likely N-dealkylation sites (tertiary alicyclic amines) is 2. The normalized spacial score (nSPS) is 26.5. The van der Waals surface area contributed by atoms with Gasteiger partial charge < -0.3 is 24.6 Å². The van der Waals surface area contributed by atoms with Gasteiger partial charge in [-0.25, -0.2) is 4.79 Å². The number of morpholine rings is 1. The molecule has 3 fully saturated rings. The SMILES string of the molecule is O=C1CO[C@H]2CCN(C(=O)N3CC[C@H](c4cc(Cl)cc(OCC(F)(F)F)c4)C3)CC2N1. The van der Waals surface area contributed by atoms with E-state index in [2.05, 4.69) is 5.32 Å². The molecule has 3 heterocycles. The van der Waals surface area contributed by atoms with E-state index >= 15 is 0 Å². The number of amides is 3. The molecule has 3 amide bonds. The van der Waals surface area contributed by atoms with Crippen LogP contribution < -0.4 is 10.1 Å². The number of rotatable bonds is 3. The summed E-state index contributed by atoms with van der Waals surface area (Å²) < 4.78 is 47.7. The van der Waals surface area contributed by atoms with Crippen molar-refractivity contribution in [2.45, 2.75) is 37.1 Å². The van der Waals surface area contributed by atoms with Gasteiger partial charge in [-0.15, -0.1) is 0 Å². The highest BCUT2D eigenvalue weighted by atomic mass is 35.5. The number of carbonyl (C=O) groups is 2. The van der Waals surface area contributed by atoms with Crippen molar-refractivity contribution in [2.75, 3.05) is 39.4 Å². The third-order valence-corrected chi connectivity index (χ3v) is 6.04. The van der Waals surface area contributed by atoms with E-state index in [1.807, 2.05) is 0 Å². The molecular formula is C20H23ClF3N3O4. The Balaban J connectivity index is 1.37. The Kier molecular flexibility index (Phi) is 6.20. The number of nitrogens with one attached hydrogen (secondary N) is 1. The number of hydrogen-bond donors (Lipinski definition) is 1. The van der Waals surface area contributed by atoms with Crippen molar-refractivity contribution in [1.82, 2.24) is 15.1 Å². The van der Waals surface area contributed by atoms with Gasteiger partial charge in [-0.3, -0.25) is 4.79 Å². The summed E-state index contributed by atoms with van der Waals surface area (Å²) >= 11 is 6.08. The van der Waals surface area contributed by atoms with Gasteiger partial charge in [-0.2, -0.15) is 13.2 Å². The lowest BCUT2D eigenvalue weighted by molar-refractivity contribution is -0.153. The van der Waals surface area contributed by atoms with E-state index in [-0.39, 0.29) is 47.4 Å². The third kappa shape index (κ3) is 5.35. The van der Waals surface area contributed by atoms with Crippen LogP contribution in [0, 0.1) is 0 Å². The molecule has 0 radical (unpaired) electrons. The first-order valence-corrected chi connectivity index (χ1v) is 10.5. The number of alkyl halides is 3. The van der Waals surface area contributed by atoms with Gasteiger partial charge in [-0.05, 0) is 36.6 Å². The van der Waals surface area contributed by atoms with Crippen LogP contribution in [0.2, 0.25) is 5.02 Å². The Morgan fingerprint density at radius 1 is 1.19 bits per heavy atom. The van der Waals surface area contributed by atoms with Crippen LogP contribution in [0.4, 0.5) is 18.0 Å². The van der Waals surface area contributed by atoms with Crippen LogP contribution in [0.1, 0.15) is 24.3 Å². The lowest BCUT2D eigenvalue weighted by Crippen LogP contribution is -2.62. The predicted octanol–water partition coefficient (Wildman–Crippen LogP) is 2.78. The Hall–Kier alpha value is -2.20. The van der Waals surface area contributed by atoms with E-state index in [4.69, 9.17) is 21.1 Å². The fourth-order valence-corrected chi connectivity index (χ4v) is 4.58. The summed E-state index contributed by atoms with van der Waals surface area (Å²) in [5, 5.41) is 3.16. The third-order valence-electron chi connectivity index (χ3n) is 5.82. The molecule has 0 spiro atoms. The predicted molar refractivity (Wildman–Crippen MR) is 105 cm³/mol. The number of benzene rings is 1. The second kappa shape index (κ2) is 8.74. The molecule has 4 rings (SSSR count). The van der Waals surface area contributed by atoms with Crippen LogP contribution >= 0.6 is 11.6 Å². The van der Waals surface area contributed by atoms with Crippen molar-refractivity contribution in [3.63, 3.8) is 0 Å². The molecule has 31 heavy (non-hydrogen) atoms. The number of urea groups is 1. The molecule has 1 N–H and O–H groups in total. The average molecular weight is 462 g/mol. The Morgan fingerprint density at radius 2 is 1.94 bits per heavy atom. The molecule has 3 aliphatic rings. The van der Waals surface area contributed by atoms with Gasteiger partial charge in [0.2, 0.25) is 5.91 Å². The minimum Gasteiger partial charge on any atom is -0.484 e. The summed E-state index contributed by atoms with van der Waals surface area (Å²) in [6.45, 7) is 0.566. The van der Waals surface area contributed by atoms with Crippen LogP contribution in [0.25, 0.3) is 0 Å². The van der Waals surface area contributed by atoms with Crippen molar-refractivity contribution < 1.29 is 32.2 Å². The van der Waals surface area contributed by atoms with Crippen molar-refractivity contribution in [1.29, 1.82) is 0 Å². The topological polar surface area (TPSA) is 71.1 Å². The first-order chi connectivity index (χ1) is 14.7. The second-order valence-electron chi connectivity index (χ2n) is 8.10. The summed E-state index contributed by atoms with van der Waals surface area (Å²) in [7, 11) is 0. The minimum atomic E-state index is -4.44. The van der Waals surface area contributed by atoms with Crippen LogP contribution in [0.15, 0.2) is 18.2 Å². The fourth-order valence-electron chi connectivity index (χ4n) is 4.35. The number of halogens is 4. The summed E-state index contributed by atoms with van der Waals surface area (Å²) in [6.07, 6.45) is -3.18. The summed E-state index contributed by atoms with van der Waals surface area (Å²) in [4.78, 5) is 28.0. The zero-order valence-corrected chi connectivity index (χ0v) is 17.4. The van der Waals surface area contributed by atoms with Crippen molar-refractivity contribution in [3.05, 3.63) is 28.8 Å². The van der Waals surface area contributed by atoms with Gasteiger partial charge in [0.25, 0.3) is 0 Å². The maximum Gasteiger partial charge on any atom is 0.422 e. The van der Waals surface area contributed by atoms with Crippen molar-refractivity contribution in [3.8, 4) is 5.75 Å². The van der Waals surface area contributed by atoms with Crippen molar-refractivity contribution >= 4 is 23.5 Å². The second-order valence-corrected chi connectivity index (χ2v) is 8.53. The molecule has 0 aromatic heterocycles. The highest BCUT2D eigenvalue weighted by Gasteiger charge is 2.39. The van der Waals surface area contributed by atoms with E-state index in [0.717, 1.165) is 5.56 Å². The van der Waals surface area contributed by atoms with Crippen molar-refractivity contribution in [2.24, 2.45) is 0 Å². The molecule has 1 aromatic carbocycles. The highest BCUT2D eigenvalue weighted by Crippen LogP contribution is 2.33. The Bertz CT molecular complexity index is 853. The average Bonchev–Trinajstić information content (AvgIpc) is 3.20. The number of carbonyl (C=O) groups excluding carboxylic acids is 2. The molecule has 1 aromatic rings. The van der Waals surface area contributed by atoms with E-state index < -0.39 is 12.8 Å². The van der Waals surface area contributed by atoms with E-state index in [1.54, 1.807) is 21.9 Å². The van der Waals surface area contributed by atoms with Crippen LogP contribution in [-0.2, 0) is 9.53 Å².